The summed E-state index contributed by atoms with van der Waals surface area (Å²) < 4.78 is 0. The molecule has 0 saturated heterocycles. The molecule has 1 amide bonds. The van der Waals surface area contributed by atoms with Crippen LogP contribution in [0.25, 0.3) is 0 Å². The number of carbonyl (C=O) groups excluding carboxylic acids is 1. The standard InChI is InChI=1S/C13H15N5O3/c1-7(2)10-16-11(18-17-10)12(19)15-6-8-3-4-9(13(20)21)14-5-8/h3-5,7H,6H2,1-2H3,(H,15,19)(H,20,21)(H,16,17,18). The van der Waals surface area contributed by atoms with Gasteiger partial charge in [0.2, 0.25) is 5.82 Å². The van der Waals surface area contributed by atoms with Crippen molar-refractivity contribution in [2.75, 3.05) is 0 Å². The number of carboxylic acids is 1. The monoisotopic (exact) mass is 289 g/mol. The maximum Gasteiger partial charge on any atom is 0.354 e. The van der Waals surface area contributed by atoms with Crippen molar-refractivity contribution < 1.29 is 14.7 Å². The van der Waals surface area contributed by atoms with E-state index in [1.165, 1.54) is 12.3 Å². The molecule has 0 aromatic carbocycles. The summed E-state index contributed by atoms with van der Waals surface area (Å²) in [5.74, 6) is -0.610. The van der Waals surface area contributed by atoms with Gasteiger partial charge in [-0.15, -0.1) is 5.10 Å². The van der Waals surface area contributed by atoms with E-state index in [1.54, 1.807) is 6.07 Å². The molecule has 0 aliphatic carbocycles. The number of rotatable bonds is 5. The van der Waals surface area contributed by atoms with E-state index in [0.29, 0.717) is 11.4 Å². The van der Waals surface area contributed by atoms with E-state index < -0.39 is 11.9 Å². The first-order valence-corrected chi connectivity index (χ1v) is 6.36. The fraction of sp³-hybridized carbons (Fsp3) is 0.308. The fourth-order valence-corrected chi connectivity index (χ4v) is 1.55. The highest BCUT2D eigenvalue weighted by Gasteiger charge is 2.13. The van der Waals surface area contributed by atoms with Gasteiger partial charge in [-0.25, -0.2) is 14.8 Å². The van der Waals surface area contributed by atoms with Gasteiger partial charge in [0.05, 0.1) is 0 Å². The lowest BCUT2D eigenvalue weighted by atomic mass is 10.2. The van der Waals surface area contributed by atoms with Crippen LogP contribution < -0.4 is 5.32 Å². The van der Waals surface area contributed by atoms with E-state index in [-0.39, 0.29) is 24.0 Å². The maximum absolute atomic E-state index is 11.9. The van der Waals surface area contributed by atoms with Crippen molar-refractivity contribution in [3.05, 3.63) is 41.2 Å². The summed E-state index contributed by atoms with van der Waals surface area (Å²) in [7, 11) is 0. The molecule has 21 heavy (non-hydrogen) atoms. The fourth-order valence-electron chi connectivity index (χ4n) is 1.55. The molecular formula is C13H15N5O3. The summed E-state index contributed by atoms with van der Waals surface area (Å²) >= 11 is 0. The number of pyridine rings is 1. The van der Waals surface area contributed by atoms with Gasteiger partial charge in [-0.1, -0.05) is 19.9 Å². The zero-order chi connectivity index (χ0) is 15.4. The van der Waals surface area contributed by atoms with Gasteiger partial charge in [-0.3, -0.25) is 9.89 Å². The first-order valence-electron chi connectivity index (χ1n) is 6.36. The van der Waals surface area contributed by atoms with Gasteiger partial charge in [0, 0.05) is 18.7 Å². The van der Waals surface area contributed by atoms with Crippen molar-refractivity contribution in [1.29, 1.82) is 0 Å². The number of aromatic carboxylic acids is 1. The van der Waals surface area contributed by atoms with Crippen molar-refractivity contribution in [3.63, 3.8) is 0 Å². The third-order valence-electron chi connectivity index (χ3n) is 2.75. The molecule has 0 aliphatic rings. The van der Waals surface area contributed by atoms with Crippen LogP contribution in [-0.4, -0.2) is 37.1 Å². The zero-order valence-electron chi connectivity index (χ0n) is 11.6. The summed E-state index contributed by atoms with van der Waals surface area (Å²) in [6.45, 7) is 4.10. The van der Waals surface area contributed by atoms with Crippen LogP contribution in [0.5, 0.6) is 0 Å². The number of carboxylic acid groups (broad SMARTS) is 1. The molecule has 110 valence electrons. The average molecular weight is 289 g/mol. The Morgan fingerprint density at radius 1 is 1.38 bits per heavy atom. The van der Waals surface area contributed by atoms with E-state index in [2.05, 4.69) is 25.5 Å². The molecule has 0 atom stereocenters. The lowest BCUT2D eigenvalue weighted by Crippen LogP contribution is -2.24. The summed E-state index contributed by atoms with van der Waals surface area (Å²) in [5.41, 5.74) is 0.647. The molecule has 0 fully saturated rings. The molecule has 2 rings (SSSR count). The number of nitrogens with zero attached hydrogens (tertiary/aromatic N) is 3. The van der Waals surface area contributed by atoms with Gasteiger partial charge >= 0.3 is 5.97 Å². The Labute approximate surface area is 120 Å². The highest BCUT2D eigenvalue weighted by molar-refractivity contribution is 5.90. The van der Waals surface area contributed by atoms with Crippen molar-refractivity contribution in [1.82, 2.24) is 25.5 Å². The van der Waals surface area contributed by atoms with E-state index in [9.17, 15) is 9.59 Å². The van der Waals surface area contributed by atoms with Crippen LogP contribution in [0.15, 0.2) is 18.3 Å². The minimum atomic E-state index is -1.09. The van der Waals surface area contributed by atoms with Gasteiger partial charge in [-0.05, 0) is 11.6 Å². The number of hydrogen-bond acceptors (Lipinski definition) is 5. The molecule has 0 spiro atoms. The number of aromatic amines is 1. The largest absolute Gasteiger partial charge is 0.477 e. The minimum absolute atomic E-state index is 0.0411. The molecule has 8 heteroatoms. The summed E-state index contributed by atoms with van der Waals surface area (Å²) in [4.78, 5) is 30.4. The molecular weight excluding hydrogens is 274 g/mol. The second-order valence-electron chi connectivity index (χ2n) is 4.74. The molecule has 2 heterocycles. The second kappa shape index (κ2) is 6.12. The second-order valence-corrected chi connectivity index (χ2v) is 4.74. The highest BCUT2D eigenvalue weighted by atomic mass is 16.4. The molecule has 2 aromatic rings. The van der Waals surface area contributed by atoms with Crippen LogP contribution in [0.1, 0.15) is 52.3 Å². The quantitative estimate of drug-likeness (QED) is 0.753. The van der Waals surface area contributed by atoms with Crippen LogP contribution in [0, 0.1) is 0 Å². The van der Waals surface area contributed by atoms with Crippen LogP contribution in [0.4, 0.5) is 0 Å². The lowest BCUT2D eigenvalue weighted by molar-refractivity contribution is 0.0690. The van der Waals surface area contributed by atoms with Crippen molar-refractivity contribution >= 4 is 11.9 Å². The van der Waals surface area contributed by atoms with Gasteiger partial charge in [0.1, 0.15) is 11.5 Å². The van der Waals surface area contributed by atoms with Crippen LogP contribution in [0.2, 0.25) is 0 Å². The SMILES string of the molecule is CC(C)c1nc(C(=O)NCc2ccc(C(=O)O)nc2)n[nH]1. The number of aromatic nitrogens is 4. The normalized spacial score (nSPS) is 10.6. The van der Waals surface area contributed by atoms with Crippen molar-refractivity contribution in [2.24, 2.45) is 0 Å². The molecule has 3 N–H and O–H groups in total. The zero-order valence-corrected chi connectivity index (χ0v) is 11.6. The predicted molar refractivity (Wildman–Crippen MR) is 72.8 cm³/mol. The third-order valence-corrected chi connectivity index (χ3v) is 2.75. The topological polar surface area (TPSA) is 121 Å². The number of hydrogen-bond donors (Lipinski definition) is 3. The summed E-state index contributed by atoms with van der Waals surface area (Å²) in [5, 5.41) is 17.9. The Hall–Kier alpha value is -2.77. The smallest absolute Gasteiger partial charge is 0.354 e. The van der Waals surface area contributed by atoms with Crippen LogP contribution in [-0.2, 0) is 6.54 Å². The van der Waals surface area contributed by atoms with E-state index in [4.69, 9.17) is 5.11 Å². The number of carbonyl (C=O) groups is 2. The van der Waals surface area contributed by atoms with E-state index >= 15 is 0 Å². The summed E-state index contributed by atoms with van der Waals surface area (Å²) in [6, 6.07) is 2.97. The molecule has 8 nitrogen and oxygen atoms in total. The Kier molecular flexibility index (Phi) is 4.27. The Bertz CT molecular complexity index is 648. The van der Waals surface area contributed by atoms with Gasteiger partial charge in [-0.2, -0.15) is 0 Å². The molecule has 0 bridgehead atoms. The highest BCUT2D eigenvalue weighted by Crippen LogP contribution is 2.07. The van der Waals surface area contributed by atoms with Crippen molar-refractivity contribution in [3.8, 4) is 0 Å². The Balaban J connectivity index is 1.95. The Morgan fingerprint density at radius 2 is 2.14 bits per heavy atom. The average Bonchev–Trinajstić information content (AvgIpc) is 2.95. The molecule has 0 unspecified atom stereocenters. The van der Waals surface area contributed by atoms with E-state index in [1.807, 2.05) is 13.8 Å². The predicted octanol–water partition coefficient (Wildman–Crippen LogP) is 0.951. The minimum Gasteiger partial charge on any atom is -0.477 e. The molecule has 0 aliphatic heterocycles. The Morgan fingerprint density at radius 3 is 2.67 bits per heavy atom. The van der Waals surface area contributed by atoms with Gasteiger partial charge < -0.3 is 10.4 Å². The number of H-pyrrole nitrogens is 1. The van der Waals surface area contributed by atoms with E-state index in [0.717, 1.165) is 0 Å². The van der Waals surface area contributed by atoms with Gasteiger partial charge in [0.15, 0.2) is 0 Å². The molecule has 2 aromatic heterocycles. The number of amides is 1. The molecule has 0 radical (unpaired) electrons. The first kappa shape index (κ1) is 14.6. The number of nitrogens with one attached hydrogen (secondary N) is 2. The first-order chi connectivity index (χ1) is 9.97. The summed E-state index contributed by atoms with van der Waals surface area (Å²) in [6.07, 6.45) is 1.40. The molecule has 0 saturated carbocycles. The lowest BCUT2D eigenvalue weighted by Gasteiger charge is -2.03. The van der Waals surface area contributed by atoms with Crippen LogP contribution >= 0.6 is 0 Å². The third kappa shape index (κ3) is 3.62. The van der Waals surface area contributed by atoms with Crippen LogP contribution in [0.3, 0.4) is 0 Å². The van der Waals surface area contributed by atoms with Gasteiger partial charge in [0.25, 0.3) is 5.91 Å². The maximum atomic E-state index is 11.9. The van der Waals surface area contributed by atoms with Crippen molar-refractivity contribution in [2.45, 2.75) is 26.3 Å².